The van der Waals surface area contributed by atoms with Crippen LogP contribution in [0.3, 0.4) is 0 Å². The minimum atomic E-state index is 0. The Morgan fingerprint density at radius 1 is 0.806 bits per heavy atom. The SMILES string of the molecule is Cc1ccc(N(Cc2cccc(-c3cc(C)c(C)c(C)c3)c2)C2CCNCC2)cc1.Cl. The first-order valence-electron chi connectivity index (χ1n) is 11.2. The number of nitrogens with zero attached hydrogens (tertiary/aromatic N) is 1. The number of nitrogens with one attached hydrogen (secondary N) is 1. The van der Waals surface area contributed by atoms with Gasteiger partial charge in [0.05, 0.1) is 0 Å². The summed E-state index contributed by atoms with van der Waals surface area (Å²) in [5, 5.41) is 3.51. The third-order valence-electron chi connectivity index (χ3n) is 6.66. The summed E-state index contributed by atoms with van der Waals surface area (Å²) in [5.74, 6) is 0. The molecule has 0 bridgehead atoms. The number of anilines is 1. The fourth-order valence-electron chi connectivity index (χ4n) is 4.53. The van der Waals surface area contributed by atoms with Crippen LogP contribution in [0.1, 0.15) is 40.7 Å². The highest BCUT2D eigenvalue weighted by Crippen LogP contribution is 2.28. The number of halogens is 1. The molecule has 3 aromatic rings. The molecule has 0 unspecified atom stereocenters. The summed E-state index contributed by atoms with van der Waals surface area (Å²) in [7, 11) is 0. The quantitative estimate of drug-likeness (QED) is 0.476. The van der Waals surface area contributed by atoms with Gasteiger partial charge in [-0.1, -0.05) is 48.0 Å². The van der Waals surface area contributed by atoms with E-state index in [9.17, 15) is 0 Å². The molecule has 0 aromatic heterocycles. The van der Waals surface area contributed by atoms with Crippen molar-refractivity contribution in [2.75, 3.05) is 18.0 Å². The Kier molecular flexibility index (Phi) is 7.80. The highest BCUT2D eigenvalue weighted by Gasteiger charge is 2.21. The maximum Gasteiger partial charge on any atom is 0.0432 e. The molecule has 1 heterocycles. The van der Waals surface area contributed by atoms with Gasteiger partial charge in [-0.25, -0.2) is 0 Å². The summed E-state index contributed by atoms with van der Waals surface area (Å²) in [6.45, 7) is 12.0. The van der Waals surface area contributed by atoms with Crippen LogP contribution in [0.25, 0.3) is 11.1 Å². The van der Waals surface area contributed by atoms with Gasteiger partial charge in [0, 0.05) is 18.3 Å². The van der Waals surface area contributed by atoms with Gasteiger partial charge in [-0.2, -0.15) is 0 Å². The molecule has 0 saturated carbocycles. The van der Waals surface area contributed by atoms with Crippen LogP contribution in [0.4, 0.5) is 5.69 Å². The minimum absolute atomic E-state index is 0. The molecule has 1 saturated heterocycles. The van der Waals surface area contributed by atoms with Crippen molar-refractivity contribution in [1.82, 2.24) is 5.32 Å². The summed E-state index contributed by atoms with van der Waals surface area (Å²) >= 11 is 0. The molecule has 1 N–H and O–H groups in total. The van der Waals surface area contributed by atoms with E-state index in [1.807, 2.05) is 0 Å². The predicted molar refractivity (Wildman–Crippen MR) is 137 cm³/mol. The smallest absolute Gasteiger partial charge is 0.0432 e. The van der Waals surface area contributed by atoms with Crippen LogP contribution in [0.15, 0.2) is 60.7 Å². The van der Waals surface area contributed by atoms with Crippen molar-refractivity contribution >= 4 is 18.1 Å². The van der Waals surface area contributed by atoms with Gasteiger partial charge in [0.2, 0.25) is 0 Å². The fourth-order valence-corrected chi connectivity index (χ4v) is 4.53. The van der Waals surface area contributed by atoms with Gasteiger partial charge in [-0.3, -0.25) is 0 Å². The van der Waals surface area contributed by atoms with Crippen LogP contribution < -0.4 is 10.2 Å². The van der Waals surface area contributed by atoms with Gasteiger partial charge in [0.25, 0.3) is 0 Å². The van der Waals surface area contributed by atoms with E-state index in [1.54, 1.807) is 0 Å². The van der Waals surface area contributed by atoms with Crippen LogP contribution in [0.2, 0.25) is 0 Å². The van der Waals surface area contributed by atoms with E-state index < -0.39 is 0 Å². The summed E-state index contributed by atoms with van der Waals surface area (Å²) in [4.78, 5) is 2.62. The van der Waals surface area contributed by atoms with Crippen molar-refractivity contribution in [1.29, 1.82) is 0 Å². The third-order valence-corrected chi connectivity index (χ3v) is 6.66. The van der Waals surface area contributed by atoms with E-state index >= 15 is 0 Å². The minimum Gasteiger partial charge on any atom is -0.364 e. The zero-order chi connectivity index (χ0) is 21.1. The summed E-state index contributed by atoms with van der Waals surface area (Å²) in [6.07, 6.45) is 2.40. The number of piperidine rings is 1. The normalized spacial score (nSPS) is 14.2. The topological polar surface area (TPSA) is 15.3 Å². The number of hydrogen-bond acceptors (Lipinski definition) is 2. The lowest BCUT2D eigenvalue weighted by Gasteiger charge is -2.36. The first-order chi connectivity index (χ1) is 14.5. The van der Waals surface area contributed by atoms with Gasteiger partial charge in [-0.05, 0) is 105 Å². The molecule has 0 aliphatic carbocycles. The molecule has 1 aliphatic heterocycles. The molecule has 2 nitrogen and oxygen atoms in total. The van der Waals surface area contributed by atoms with Gasteiger partial charge in [0.15, 0.2) is 0 Å². The average molecular weight is 435 g/mol. The molecule has 0 amide bonds. The van der Waals surface area contributed by atoms with E-state index in [0.717, 1.165) is 19.6 Å². The van der Waals surface area contributed by atoms with Crippen molar-refractivity contribution in [3.63, 3.8) is 0 Å². The maximum absolute atomic E-state index is 3.51. The van der Waals surface area contributed by atoms with Gasteiger partial charge >= 0.3 is 0 Å². The lowest BCUT2D eigenvalue weighted by atomic mass is 9.95. The Bertz CT molecular complexity index is 981. The van der Waals surface area contributed by atoms with Crippen molar-refractivity contribution in [2.45, 2.75) is 53.1 Å². The zero-order valence-corrected chi connectivity index (χ0v) is 20.1. The Morgan fingerprint density at radius 2 is 1.45 bits per heavy atom. The monoisotopic (exact) mass is 434 g/mol. The molecule has 4 rings (SSSR count). The first kappa shape index (κ1) is 23.4. The highest BCUT2D eigenvalue weighted by molar-refractivity contribution is 5.85. The standard InChI is InChI=1S/C28H34N2.ClH/c1-20-8-10-27(11-9-20)30(28-12-14-29-15-13-28)19-24-6-5-7-25(18-24)26-16-21(2)23(4)22(3)17-26;/h5-11,16-18,28-29H,12-15,19H2,1-4H3;1H. The zero-order valence-electron chi connectivity index (χ0n) is 19.2. The molecule has 3 heteroatoms. The molecule has 164 valence electrons. The Balaban J connectivity index is 0.00000272. The highest BCUT2D eigenvalue weighted by atomic mass is 35.5. The molecule has 3 aromatic carbocycles. The summed E-state index contributed by atoms with van der Waals surface area (Å²) in [5.41, 5.74) is 10.8. The molecular formula is C28H35ClN2. The summed E-state index contributed by atoms with van der Waals surface area (Å²) < 4.78 is 0. The maximum atomic E-state index is 3.51. The van der Waals surface area contributed by atoms with Crippen molar-refractivity contribution in [2.24, 2.45) is 0 Å². The van der Waals surface area contributed by atoms with Gasteiger partial charge in [-0.15, -0.1) is 12.4 Å². The van der Waals surface area contributed by atoms with Crippen LogP contribution in [0, 0.1) is 27.7 Å². The molecule has 0 spiro atoms. The second-order valence-electron chi connectivity index (χ2n) is 8.88. The van der Waals surface area contributed by atoms with Crippen molar-refractivity contribution in [3.05, 3.63) is 88.5 Å². The van der Waals surface area contributed by atoms with E-state index in [2.05, 4.69) is 98.6 Å². The number of hydrogen-bond donors (Lipinski definition) is 1. The van der Waals surface area contributed by atoms with Crippen LogP contribution >= 0.6 is 12.4 Å². The second kappa shape index (κ2) is 10.3. The van der Waals surface area contributed by atoms with Gasteiger partial charge < -0.3 is 10.2 Å². The lowest BCUT2D eigenvalue weighted by molar-refractivity contribution is 0.428. The number of benzene rings is 3. The van der Waals surface area contributed by atoms with Crippen LogP contribution in [-0.2, 0) is 6.54 Å². The summed E-state index contributed by atoms with van der Waals surface area (Å²) in [6, 6.07) is 23.4. The molecule has 1 fully saturated rings. The molecule has 31 heavy (non-hydrogen) atoms. The van der Waals surface area contributed by atoms with E-state index in [4.69, 9.17) is 0 Å². The third kappa shape index (κ3) is 5.50. The predicted octanol–water partition coefficient (Wildman–Crippen LogP) is 6.77. The Morgan fingerprint density at radius 3 is 2.10 bits per heavy atom. The van der Waals surface area contributed by atoms with Crippen LogP contribution in [0.5, 0.6) is 0 Å². The molecule has 1 aliphatic rings. The Labute approximate surface area is 194 Å². The second-order valence-corrected chi connectivity index (χ2v) is 8.88. The van der Waals surface area contributed by atoms with Crippen molar-refractivity contribution in [3.8, 4) is 11.1 Å². The van der Waals surface area contributed by atoms with Crippen molar-refractivity contribution < 1.29 is 0 Å². The van der Waals surface area contributed by atoms with E-state index in [-0.39, 0.29) is 12.4 Å². The number of rotatable bonds is 5. The largest absolute Gasteiger partial charge is 0.364 e. The fraction of sp³-hybridized carbons (Fsp3) is 0.357. The van der Waals surface area contributed by atoms with Crippen LogP contribution in [-0.4, -0.2) is 19.1 Å². The average Bonchev–Trinajstić information content (AvgIpc) is 2.77. The number of aryl methyl sites for hydroxylation is 3. The molecule has 0 atom stereocenters. The van der Waals surface area contributed by atoms with Gasteiger partial charge in [0.1, 0.15) is 0 Å². The van der Waals surface area contributed by atoms with E-state index in [1.165, 1.54) is 57.5 Å². The lowest BCUT2D eigenvalue weighted by Crippen LogP contribution is -2.43. The van der Waals surface area contributed by atoms with E-state index in [0.29, 0.717) is 6.04 Å². The Hall–Kier alpha value is -2.29. The molecular weight excluding hydrogens is 400 g/mol. The first-order valence-corrected chi connectivity index (χ1v) is 11.2. The molecule has 0 radical (unpaired) electrons.